The van der Waals surface area contributed by atoms with E-state index in [2.05, 4.69) is 15.3 Å². The van der Waals surface area contributed by atoms with Crippen LogP contribution in [0.3, 0.4) is 0 Å². The Morgan fingerprint density at radius 3 is 2.07 bits per heavy atom. The molecule has 0 bridgehead atoms. The van der Waals surface area contributed by atoms with Crippen LogP contribution in [0.2, 0.25) is 0 Å². The Morgan fingerprint density at radius 2 is 1.63 bits per heavy atom. The average molecular weight is 422 g/mol. The van der Waals surface area contributed by atoms with Gasteiger partial charge in [-0.1, -0.05) is 0 Å². The lowest BCUT2D eigenvalue weighted by Gasteiger charge is -2.08. The van der Waals surface area contributed by atoms with Crippen molar-refractivity contribution in [2.75, 3.05) is 5.32 Å². The van der Waals surface area contributed by atoms with Gasteiger partial charge in [-0.2, -0.15) is 13.2 Å². The fourth-order valence-corrected chi connectivity index (χ4v) is 2.18. The molecule has 2 aromatic heterocycles. The summed E-state index contributed by atoms with van der Waals surface area (Å²) in [6.45, 7) is 3.97. The van der Waals surface area contributed by atoms with Gasteiger partial charge in [0.15, 0.2) is 0 Å². The van der Waals surface area contributed by atoms with Gasteiger partial charge in [0.2, 0.25) is 0 Å². The maximum absolute atomic E-state index is 12.1. The molecule has 1 amide bonds. The first-order chi connectivity index (χ1) is 14.0. The third-order valence-corrected chi connectivity index (χ3v) is 3.88. The third-order valence-electron chi connectivity index (χ3n) is 3.88. The number of halogens is 3. The smallest absolute Gasteiger partial charge is 0.490 e. The topological polar surface area (TPSA) is 117 Å². The Morgan fingerprint density at radius 1 is 1.03 bits per heavy atom. The SMILES string of the molecule is Cc1ncn(-c2ccc(NC(=O)c3ccc(O)cn3)cc2)c1C.O=C(O)C(F)(F)F. The van der Waals surface area contributed by atoms with E-state index in [1.807, 2.05) is 42.7 Å². The number of imidazole rings is 1. The van der Waals surface area contributed by atoms with Gasteiger partial charge in [0, 0.05) is 17.1 Å². The number of hydrogen-bond acceptors (Lipinski definition) is 5. The third kappa shape index (κ3) is 5.80. The summed E-state index contributed by atoms with van der Waals surface area (Å²) in [5.74, 6) is -3.06. The van der Waals surface area contributed by atoms with Crippen LogP contribution in [0, 0.1) is 13.8 Å². The summed E-state index contributed by atoms with van der Waals surface area (Å²) in [7, 11) is 0. The van der Waals surface area contributed by atoms with Crippen molar-refractivity contribution < 1.29 is 33.0 Å². The molecule has 0 fully saturated rings. The summed E-state index contributed by atoms with van der Waals surface area (Å²) in [5, 5.41) is 19.1. The summed E-state index contributed by atoms with van der Waals surface area (Å²) >= 11 is 0. The van der Waals surface area contributed by atoms with Crippen LogP contribution in [0.1, 0.15) is 21.9 Å². The molecule has 3 N–H and O–H groups in total. The predicted octanol–water partition coefficient (Wildman–Crippen LogP) is 3.48. The Kier molecular flexibility index (Phi) is 6.77. The van der Waals surface area contributed by atoms with Crippen LogP contribution in [0.15, 0.2) is 48.9 Å². The molecule has 0 aliphatic carbocycles. The minimum atomic E-state index is -5.08. The molecule has 3 aromatic rings. The molecule has 0 saturated carbocycles. The number of nitrogens with one attached hydrogen (secondary N) is 1. The molecule has 158 valence electrons. The highest BCUT2D eigenvalue weighted by Crippen LogP contribution is 2.17. The van der Waals surface area contributed by atoms with Crippen molar-refractivity contribution in [1.29, 1.82) is 0 Å². The van der Waals surface area contributed by atoms with E-state index < -0.39 is 12.1 Å². The fourth-order valence-electron chi connectivity index (χ4n) is 2.18. The van der Waals surface area contributed by atoms with Gasteiger partial charge in [-0.15, -0.1) is 0 Å². The fraction of sp³-hybridized carbons (Fsp3) is 0.158. The van der Waals surface area contributed by atoms with E-state index in [1.54, 1.807) is 6.33 Å². The van der Waals surface area contributed by atoms with Gasteiger partial charge in [-0.05, 0) is 50.2 Å². The van der Waals surface area contributed by atoms with Crippen molar-refractivity contribution in [3.63, 3.8) is 0 Å². The number of aryl methyl sites for hydroxylation is 1. The normalized spacial score (nSPS) is 10.7. The lowest BCUT2D eigenvalue weighted by molar-refractivity contribution is -0.192. The zero-order valence-corrected chi connectivity index (χ0v) is 15.8. The van der Waals surface area contributed by atoms with Gasteiger partial charge < -0.3 is 20.1 Å². The summed E-state index contributed by atoms with van der Waals surface area (Å²) in [6.07, 6.45) is -2.07. The molecule has 0 aliphatic rings. The zero-order chi connectivity index (χ0) is 22.5. The minimum Gasteiger partial charge on any atom is -0.506 e. The van der Waals surface area contributed by atoms with E-state index in [0.29, 0.717) is 5.69 Å². The minimum absolute atomic E-state index is 0.0249. The number of rotatable bonds is 3. The van der Waals surface area contributed by atoms with Gasteiger partial charge >= 0.3 is 12.1 Å². The predicted molar refractivity (Wildman–Crippen MR) is 101 cm³/mol. The number of amides is 1. The molecular weight excluding hydrogens is 405 g/mol. The second-order valence-corrected chi connectivity index (χ2v) is 5.99. The summed E-state index contributed by atoms with van der Waals surface area (Å²) in [4.78, 5) is 29.1. The molecule has 11 heteroatoms. The quantitative estimate of drug-likeness (QED) is 0.595. The number of carbonyl (C=O) groups excluding carboxylic acids is 1. The molecular formula is C19H17F3N4O4. The Balaban J connectivity index is 0.000000396. The van der Waals surface area contributed by atoms with Gasteiger partial charge in [-0.25, -0.2) is 14.8 Å². The first-order valence-electron chi connectivity index (χ1n) is 8.36. The number of nitrogens with zero attached hydrogens (tertiary/aromatic N) is 3. The maximum Gasteiger partial charge on any atom is 0.490 e. The highest BCUT2D eigenvalue weighted by Gasteiger charge is 2.38. The number of aliphatic carboxylic acids is 1. The van der Waals surface area contributed by atoms with Crippen molar-refractivity contribution in [3.8, 4) is 11.4 Å². The van der Waals surface area contributed by atoms with Crippen LogP contribution in [0.4, 0.5) is 18.9 Å². The van der Waals surface area contributed by atoms with Crippen LogP contribution >= 0.6 is 0 Å². The molecule has 0 aliphatic heterocycles. The van der Waals surface area contributed by atoms with Gasteiger partial charge in [0.25, 0.3) is 5.91 Å². The Hall–Kier alpha value is -3.89. The van der Waals surface area contributed by atoms with Crippen LogP contribution in [0.25, 0.3) is 5.69 Å². The van der Waals surface area contributed by atoms with Crippen LogP contribution in [-0.4, -0.2) is 42.8 Å². The van der Waals surface area contributed by atoms with Crippen molar-refractivity contribution in [2.45, 2.75) is 20.0 Å². The van der Waals surface area contributed by atoms with Crippen LogP contribution in [0.5, 0.6) is 5.75 Å². The van der Waals surface area contributed by atoms with Gasteiger partial charge in [0.05, 0.1) is 18.2 Å². The number of anilines is 1. The van der Waals surface area contributed by atoms with E-state index in [1.165, 1.54) is 18.3 Å². The van der Waals surface area contributed by atoms with E-state index in [9.17, 15) is 23.1 Å². The zero-order valence-electron chi connectivity index (χ0n) is 15.8. The second kappa shape index (κ2) is 9.07. The number of benzene rings is 1. The number of pyridine rings is 1. The first kappa shape index (κ1) is 22.4. The summed E-state index contributed by atoms with van der Waals surface area (Å²) < 4.78 is 33.7. The lowest BCUT2D eigenvalue weighted by atomic mass is 10.2. The second-order valence-electron chi connectivity index (χ2n) is 5.99. The molecule has 0 saturated heterocycles. The largest absolute Gasteiger partial charge is 0.506 e. The number of carboxylic acid groups (broad SMARTS) is 1. The van der Waals surface area contributed by atoms with E-state index >= 15 is 0 Å². The van der Waals surface area contributed by atoms with Crippen molar-refractivity contribution in [3.05, 3.63) is 66.0 Å². The highest BCUT2D eigenvalue weighted by atomic mass is 19.4. The molecule has 0 atom stereocenters. The van der Waals surface area contributed by atoms with Crippen molar-refractivity contribution in [2.24, 2.45) is 0 Å². The molecule has 8 nitrogen and oxygen atoms in total. The molecule has 30 heavy (non-hydrogen) atoms. The molecule has 3 rings (SSSR count). The number of alkyl halides is 3. The highest BCUT2D eigenvalue weighted by molar-refractivity contribution is 6.02. The van der Waals surface area contributed by atoms with Crippen molar-refractivity contribution >= 4 is 17.6 Å². The molecule has 0 radical (unpaired) electrons. The molecule has 0 unspecified atom stereocenters. The number of aromatic hydroxyl groups is 1. The van der Waals surface area contributed by atoms with Gasteiger partial charge in [-0.3, -0.25) is 4.79 Å². The monoisotopic (exact) mass is 422 g/mol. The molecule has 1 aromatic carbocycles. The Bertz CT molecular complexity index is 1030. The van der Waals surface area contributed by atoms with E-state index in [4.69, 9.17) is 9.90 Å². The first-order valence-corrected chi connectivity index (χ1v) is 8.36. The van der Waals surface area contributed by atoms with E-state index in [0.717, 1.165) is 17.1 Å². The Labute approximate surface area is 168 Å². The van der Waals surface area contributed by atoms with Crippen LogP contribution < -0.4 is 5.32 Å². The lowest BCUT2D eigenvalue weighted by Crippen LogP contribution is -2.21. The molecule has 0 spiro atoms. The van der Waals surface area contributed by atoms with Crippen molar-refractivity contribution in [1.82, 2.24) is 14.5 Å². The van der Waals surface area contributed by atoms with Gasteiger partial charge in [0.1, 0.15) is 11.4 Å². The van der Waals surface area contributed by atoms with Crippen LogP contribution in [-0.2, 0) is 4.79 Å². The standard InChI is InChI=1S/C17H16N4O2.C2HF3O2/c1-11-12(2)21(10-19-11)14-5-3-13(4-6-14)20-17(23)16-8-7-15(22)9-18-16;3-2(4,5)1(6)7/h3-10,22H,1-2H3,(H,20,23);(H,6,7). The number of carboxylic acids is 1. The number of aromatic nitrogens is 3. The summed E-state index contributed by atoms with van der Waals surface area (Å²) in [5.41, 5.74) is 3.95. The molecule has 2 heterocycles. The number of hydrogen-bond donors (Lipinski definition) is 3. The average Bonchev–Trinajstić information content (AvgIpc) is 3.01. The summed E-state index contributed by atoms with van der Waals surface area (Å²) in [6, 6.07) is 10.4. The number of carbonyl (C=O) groups is 2. The van der Waals surface area contributed by atoms with E-state index in [-0.39, 0.29) is 17.4 Å². The maximum atomic E-state index is 12.1.